The van der Waals surface area contributed by atoms with Crippen molar-refractivity contribution in [2.45, 2.75) is 103 Å². The molecule has 0 aromatic carbocycles. The fourth-order valence-electron chi connectivity index (χ4n) is 2.59. The van der Waals surface area contributed by atoms with Crippen LogP contribution in [0.25, 0.3) is 0 Å². The number of aliphatic hydroxyl groups is 2. The van der Waals surface area contributed by atoms with Gasteiger partial charge in [0, 0.05) is 13.0 Å². The number of carbonyl (C=O) groups excluding carboxylic acids is 1. The Morgan fingerprint density at radius 2 is 1.68 bits per heavy atom. The van der Waals surface area contributed by atoms with Crippen LogP contribution in [0, 0.1) is 0 Å². The second-order valence-electron chi connectivity index (χ2n) is 7.43. The average Bonchev–Trinajstić information content (AvgIpc) is 2.52. The van der Waals surface area contributed by atoms with Crippen molar-refractivity contribution in [1.82, 2.24) is 0 Å². The molecule has 4 atom stereocenters. The molecule has 25 heavy (non-hydrogen) atoms. The quantitative estimate of drug-likeness (QED) is 0.383. The fraction of sp³-hybridized carbons (Fsp3) is 0.947. The van der Waals surface area contributed by atoms with E-state index in [0.717, 1.165) is 25.7 Å². The minimum atomic E-state index is -0.742. The summed E-state index contributed by atoms with van der Waals surface area (Å²) in [5.41, 5.74) is -1.03. The van der Waals surface area contributed by atoms with Gasteiger partial charge in [-0.2, -0.15) is 0 Å². The van der Waals surface area contributed by atoms with E-state index in [-0.39, 0.29) is 18.8 Å². The van der Waals surface area contributed by atoms with Crippen molar-refractivity contribution < 1.29 is 29.2 Å². The minimum Gasteiger partial charge on any atom is -0.429 e. The summed E-state index contributed by atoms with van der Waals surface area (Å²) in [7, 11) is 0. The second kappa shape index (κ2) is 11.7. The molecular formula is C19H38O6. The molecule has 0 aromatic heterocycles. The molecule has 4 unspecified atom stereocenters. The van der Waals surface area contributed by atoms with Crippen molar-refractivity contribution in [1.29, 1.82) is 0 Å². The Morgan fingerprint density at radius 1 is 1.08 bits per heavy atom. The lowest BCUT2D eigenvalue weighted by molar-refractivity contribution is -0.0992. The highest BCUT2D eigenvalue weighted by Gasteiger charge is 2.30. The van der Waals surface area contributed by atoms with E-state index in [2.05, 4.69) is 6.92 Å². The zero-order valence-corrected chi connectivity index (χ0v) is 16.8. The third kappa shape index (κ3) is 10.7. The van der Waals surface area contributed by atoms with E-state index in [1.54, 1.807) is 20.8 Å². The third-order valence-corrected chi connectivity index (χ3v) is 4.63. The molecule has 2 N–H and O–H groups in total. The van der Waals surface area contributed by atoms with Crippen LogP contribution in [-0.4, -0.2) is 53.0 Å². The van der Waals surface area contributed by atoms with Gasteiger partial charge in [0.05, 0.1) is 18.3 Å². The van der Waals surface area contributed by atoms with Crippen molar-refractivity contribution in [3.63, 3.8) is 0 Å². The van der Waals surface area contributed by atoms with Crippen molar-refractivity contribution in [2.75, 3.05) is 13.2 Å². The number of hydrogen-bond donors (Lipinski definition) is 2. The summed E-state index contributed by atoms with van der Waals surface area (Å²) in [5.74, 6) is 0. The number of aliphatic hydroxyl groups excluding tert-OH is 2. The summed E-state index contributed by atoms with van der Waals surface area (Å²) >= 11 is 0. The maximum absolute atomic E-state index is 12.0. The first-order chi connectivity index (χ1) is 11.6. The average molecular weight is 363 g/mol. The van der Waals surface area contributed by atoms with E-state index in [4.69, 9.17) is 19.3 Å². The Labute approximate surface area is 152 Å². The van der Waals surface area contributed by atoms with Crippen LogP contribution in [0.3, 0.4) is 0 Å². The molecule has 0 bridgehead atoms. The maximum Gasteiger partial charge on any atom is 0.509 e. The molecule has 6 heteroatoms. The Morgan fingerprint density at radius 3 is 2.16 bits per heavy atom. The summed E-state index contributed by atoms with van der Waals surface area (Å²) in [5, 5.41) is 18.4. The van der Waals surface area contributed by atoms with Gasteiger partial charge in [0.1, 0.15) is 11.7 Å². The van der Waals surface area contributed by atoms with Crippen LogP contribution < -0.4 is 0 Å². The van der Waals surface area contributed by atoms with Crippen LogP contribution in [0.1, 0.15) is 80.1 Å². The molecule has 0 fully saturated rings. The van der Waals surface area contributed by atoms with E-state index in [9.17, 15) is 9.90 Å². The molecule has 0 saturated heterocycles. The van der Waals surface area contributed by atoms with E-state index in [0.29, 0.717) is 12.8 Å². The van der Waals surface area contributed by atoms with Crippen molar-refractivity contribution in [2.24, 2.45) is 0 Å². The van der Waals surface area contributed by atoms with Gasteiger partial charge in [-0.05, 0) is 59.8 Å². The highest BCUT2D eigenvalue weighted by atomic mass is 16.7. The van der Waals surface area contributed by atoms with Crippen LogP contribution in [-0.2, 0) is 14.2 Å². The molecule has 0 spiro atoms. The zero-order chi connectivity index (χ0) is 19.5. The van der Waals surface area contributed by atoms with E-state index < -0.39 is 24.0 Å². The van der Waals surface area contributed by atoms with E-state index >= 15 is 0 Å². The van der Waals surface area contributed by atoms with Crippen molar-refractivity contribution >= 4 is 6.16 Å². The Hall–Kier alpha value is -0.850. The van der Waals surface area contributed by atoms with Gasteiger partial charge in [-0.3, -0.25) is 0 Å². The SMILES string of the molecule is CCC(C)(CCCCO)OCC(C)OC(=O)OC(C)(CC)CC(C)O. The number of rotatable bonds is 13. The zero-order valence-electron chi connectivity index (χ0n) is 16.8. The Bertz CT molecular complexity index is 373. The Balaban J connectivity index is 4.39. The lowest BCUT2D eigenvalue weighted by Crippen LogP contribution is -2.37. The van der Waals surface area contributed by atoms with Gasteiger partial charge in [-0.25, -0.2) is 4.79 Å². The highest BCUT2D eigenvalue weighted by molar-refractivity contribution is 5.60. The van der Waals surface area contributed by atoms with Gasteiger partial charge in [-0.15, -0.1) is 0 Å². The number of hydrogen-bond acceptors (Lipinski definition) is 6. The molecule has 0 saturated carbocycles. The molecular weight excluding hydrogens is 324 g/mol. The molecule has 0 aliphatic heterocycles. The van der Waals surface area contributed by atoms with Crippen LogP contribution in [0.5, 0.6) is 0 Å². The smallest absolute Gasteiger partial charge is 0.429 e. The van der Waals surface area contributed by atoms with Gasteiger partial charge in [0.15, 0.2) is 0 Å². The van der Waals surface area contributed by atoms with Crippen LogP contribution >= 0.6 is 0 Å². The number of ether oxygens (including phenoxy) is 3. The van der Waals surface area contributed by atoms with Crippen molar-refractivity contribution in [3.05, 3.63) is 0 Å². The van der Waals surface area contributed by atoms with Crippen molar-refractivity contribution in [3.8, 4) is 0 Å². The maximum atomic E-state index is 12.0. The Kier molecular flexibility index (Phi) is 11.3. The topological polar surface area (TPSA) is 85.2 Å². The van der Waals surface area contributed by atoms with Crippen LogP contribution in [0.15, 0.2) is 0 Å². The second-order valence-corrected chi connectivity index (χ2v) is 7.43. The molecule has 0 amide bonds. The monoisotopic (exact) mass is 362 g/mol. The lowest BCUT2D eigenvalue weighted by atomic mass is 9.96. The largest absolute Gasteiger partial charge is 0.509 e. The van der Waals surface area contributed by atoms with Gasteiger partial charge < -0.3 is 24.4 Å². The lowest BCUT2D eigenvalue weighted by Gasteiger charge is -2.31. The summed E-state index contributed by atoms with van der Waals surface area (Å²) in [4.78, 5) is 12.0. The fourth-order valence-corrected chi connectivity index (χ4v) is 2.59. The number of unbranched alkanes of at least 4 members (excludes halogenated alkanes) is 1. The molecule has 150 valence electrons. The first-order valence-electron chi connectivity index (χ1n) is 9.42. The number of carbonyl (C=O) groups is 1. The third-order valence-electron chi connectivity index (χ3n) is 4.63. The van der Waals surface area contributed by atoms with Gasteiger partial charge in [0.25, 0.3) is 0 Å². The normalized spacial score (nSPS) is 18.7. The van der Waals surface area contributed by atoms with Gasteiger partial charge in [-0.1, -0.05) is 13.8 Å². The summed E-state index contributed by atoms with van der Waals surface area (Å²) in [6.45, 7) is 11.7. The first-order valence-corrected chi connectivity index (χ1v) is 9.42. The molecule has 0 aliphatic rings. The molecule has 0 heterocycles. The summed E-state index contributed by atoms with van der Waals surface area (Å²) in [6.07, 6.45) is 2.59. The first kappa shape index (κ1) is 24.1. The van der Waals surface area contributed by atoms with Gasteiger partial charge >= 0.3 is 6.16 Å². The highest BCUT2D eigenvalue weighted by Crippen LogP contribution is 2.24. The van der Waals surface area contributed by atoms with Gasteiger partial charge in [0.2, 0.25) is 0 Å². The predicted molar refractivity (Wildman–Crippen MR) is 97.6 cm³/mol. The molecule has 0 rings (SSSR count). The van der Waals surface area contributed by atoms with Crippen LogP contribution in [0.2, 0.25) is 0 Å². The van der Waals surface area contributed by atoms with Crippen LogP contribution in [0.4, 0.5) is 4.79 Å². The molecule has 6 nitrogen and oxygen atoms in total. The minimum absolute atomic E-state index is 0.188. The van der Waals surface area contributed by atoms with E-state index in [1.807, 2.05) is 13.8 Å². The summed E-state index contributed by atoms with van der Waals surface area (Å²) in [6, 6.07) is 0. The summed E-state index contributed by atoms with van der Waals surface area (Å²) < 4.78 is 16.6. The predicted octanol–water partition coefficient (Wildman–Crippen LogP) is 3.82. The van der Waals surface area contributed by atoms with E-state index in [1.165, 1.54) is 0 Å². The molecule has 0 aliphatic carbocycles. The molecule has 0 aromatic rings. The standard InChI is InChI=1S/C19H38O6/c1-7-18(5,11-9-10-12-20)23-14-16(4)24-17(22)25-19(6,8-2)13-15(3)21/h15-16,20-21H,7-14H2,1-6H3. The molecule has 0 radical (unpaired) electrons.